The lowest BCUT2D eigenvalue weighted by atomic mass is 10.00. The molecule has 1 aliphatic heterocycles. The molecule has 32 heavy (non-hydrogen) atoms. The van der Waals surface area contributed by atoms with Crippen molar-refractivity contribution < 1.29 is 13.6 Å². The van der Waals surface area contributed by atoms with E-state index in [9.17, 15) is 13.6 Å². The lowest BCUT2D eigenvalue weighted by molar-refractivity contribution is -0.130. The van der Waals surface area contributed by atoms with Crippen LogP contribution in [0.1, 0.15) is 39.8 Å². The maximum Gasteiger partial charge on any atom is 0.226 e. The fourth-order valence-electron chi connectivity index (χ4n) is 3.82. The van der Waals surface area contributed by atoms with Gasteiger partial charge in [-0.2, -0.15) is 0 Å². The number of aromatic nitrogens is 1. The molecular formula is C25H36F2N4O. The van der Waals surface area contributed by atoms with Gasteiger partial charge in [-0.25, -0.2) is 8.78 Å². The van der Waals surface area contributed by atoms with Gasteiger partial charge in [0.05, 0.1) is 5.69 Å². The normalized spacial score (nSPS) is 16.9. The van der Waals surface area contributed by atoms with Gasteiger partial charge >= 0.3 is 0 Å². The molecule has 1 fully saturated rings. The molecule has 0 N–H and O–H groups in total. The van der Waals surface area contributed by atoms with Gasteiger partial charge in [-0.1, -0.05) is 25.2 Å². The van der Waals surface area contributed by atoms with Crippen molar-refractivity contribution in [2.24, 2.45) is 0 Å². The van der Waals surface area contributed by atoms with Crippen molar-refractivity contribution in [1.82, 2.24) is 19.7 Å². The van der Waals surface area contributed by atoms with Crippen LogP contribution < -0.4 is 0 Å². The molecule has 1 aromatic rings. The molecule has 0 aliphatic carbocycles. The van der Waals surface area contributed by atoms with E-state index in [1.54, 1.807) is 31.3 Å². The van der Waals surface area contributed by atoms with Crippen LogP contribution in [0.4, 0.5) is 8.78 Å². The summed E-state index contributed by atoms with van der Waals surface area (Å²) in [5.74, 6) is -0.815. The van der Waals surface area contributed by atoms with Gasteiger partial charge in [0.2, 0.25) is 5.91 Å². The molecule has 7 heteroatoms. The molecular weight excluding hydrogens is 410 g/mol. The van der Waals surface area contributed by atoms with E-state index < -0.39 is 5.83 Å². The van der Waals surface area contributed by atoms with Gasteiger partial charge in [-0.05, 0) is 39.0 Å². The maximum absolute atomic E-state index is 14.3. The number of halogens is 2. The van der Waals surface area contributed by atoms with Gasteiger partial charge in [-0.15, -0.1) is 0 Å². The minimum absolute atomic E-state index is 0.108. The predicted octanol–water partition coefficient (Wildman–Crippen LogP) is 4.34. The fraction of sp³-hybridized carbons (Fsp3) is 0.520. The van der Waals surface area contributed by atoms with Crippen LogP contribution in [-0.2, 0) is 11.2 Å². The Hall–Kier alpha value is -2.38. The Morgan fingerprint density at radius 3 is 2.59 bits per heavy atom. The second kappa shape index (κ2) is 12.6. The van der Waals surface area contributed by atoms with Crippen molar-refractivity contribution in [3.8, 4) is 0 Å². The van der Waals surface area contributed by atoms with Crippen LogP contribution in [-0.4, -0.2) is 70.4 Å². The quantitative estimate of drug-likeness (QED) is 0.501. The molecule has 0 radical (unpaired) electrons. The van der Waals surface area contributed by atoms with Crippen LogP contribution in [0, 0.1) is 5.82 Å². The molecule has 2 heterocycles. The monoisotopic (exact) mass is 446 g/mol. The highest BCUT2D eigenvalue weighted by Crippen LogP contribution is 2.20. The standard InChI is InChI=1S/C25H36F2N4O/c1-5-7-8-10-21(26)19-30(24(32)6-2)20-25(3,4)31-17-15-29(16-18-31)14-12-23-22(27)11-9-13-28-23/h5,7-11,13,19H,6,12,14-18,20H2,1-4H3/b7-5-,10-8-,21-19-. The molecule has 1 saturated heterocycles. The Balaban J connectivity index is 1.94. The molecule has 0 saturated carbocycles. The zero-order chi connectivity index (χ0) is 23.6. The molecule has 2 rings (SSSR count). The highest BCUT2D eigenvalue weighted by atomic mass is 19.1. The first-order valence-corrected chi connectivity index (χ1v) is 11.3. The third kappa shape index (κ3) is 7.95. The van der Waals surface area contributed by atoms with Gasteiger partial charge < -0.3 is 9.80 Å². The largest absolute Gasteiger partial charge is 0.314 e. The van der Waals surface area contributed by atoms with Crippen molar-refractivity contribution in [1.29, 1.82) is 0 Å². The minimum atomic E-state index is -0.452. The summed E-state index contributed by atoms with van der Waals surface area (Å²) in [5.41, 5.74) is 0.189. The van der Waals surface area contributed by atoms with E-state index in [4.69, 9.17) is 0 Å². The Morgan fingerprint density at radius 1 is 1.25 bits per heavy atom. The van der Waals surface area contributed by atoms with Crippen LogP contribution in [0.3, 0.4) is 0 Å². The summed E-state index contributed by atoms with van der Waals surface area (Å²) < 4.78 is 28.1. The SMILES string of the molecule is C\C=C/C=C\C(F)=C\N(CC(C)(C)N1CCN(CCc2ncccc2F)CC1)C(=O)CC. The Bertz CT molecular complexity index is 827. The number of allylic oxidation sites excluding steroid dienone is 5. The molecule has 176 valence electrons. The number of hydrogen-bond donors (Lipinski definition) is 0. The van der Waals surface area contributed by atoms with Crippen LogP contribution in [0.5, 0.6) is 0 Å². The summed E-state index contributed by atoms with van der Waals surface area (Å²) in [6, 6.07) is 3.05. The van der Waals surface area contributed by atoms with Crippen LogP contribution >= 0.6 is 0 Å². The number of piperazine rings is 1. The third-order valence-corrected chi connectivity index (χ3v) is 5.75. The molecule has 0 spiro atoms. The Morgan fingerprint density at radius 2 is 1.97 bits per heavy atom. The molecule has 0 unspecified atom stereocenters. The summed E-state index contributed by atoms with van der Waals surface area (Å²) >= 11 is 0. The van der Waals surface area contributed by atoms with Crippen molar-refractivity contribution in [3.63, 3.8) is 0 Å². The summed E-state index contributed by atoms with van der Waals surface area (Å²) in [6.07, 6.45) is 10.3. The zero-order valence-electron chi connectivity index (χ0n) is 19.7. The predicted molar refractivity (Wildman–Crippen MR) is 125 cm³/mol. The van der Waals surface area contributed by atoms with Gasteiger partial charge in [0.25, 0.3) is 0 Å². The van der Waals surface area contributed by atoms with E-state index in [1.165, 1.54) is 23.2 Å². The molecule has 0 bridgehead atoms. The highest BCUT2D eigenvalue weighted by Gasteiger charge is 2.32. The first-order chi connectivity index (χ1) is 15.3. The first-order valence-electron chi connectivity index (χ1n) is 11.3. The van der Waals surface area contributed by atoms with Crippen LogP contribution in [0.2, 0.25) is 0 Å². The lowest BCUT2D eigenvalue weighted by Gasteiger charge is -2.45. The number of hydrogen-bond acceptors (Lipinski definition) is 4. The highest BCUT2D eigenvalue weighted by molar-refractivity contribution is 5.77. The average molecular weight is 447 g/mol. The summed E-state index contributed by atoms with van der Waals surface area (Å²) in [7, 11) is 0. The van der Waals surface area contributed by atoms with E-state index in [2.05, 4.69) is 28.6 Å². The zero-order valence-corrected chi connectivity index (χ0v) is 19.7. The number of carbonyl (C=O) groups excluding carboxylic acids is 1. The van der Waals surface area contributed by atoms with Crippen molar-refractivity contribution in [2.45, 2.75) is 46.1 Å². The Kier molecular flexibility index (Phi) is 10.2. The molecule has 1 amide bonds. The van der Waals surface area contributed by atoms with E-state index in [1.807, 2.05) is 13.0 Å². The molecule has 0 atom stereocenters. The molecule has 5 nitrogen and oxygen atoms in total. The summed E-state index contributed by atoms with van der Waals surface area (Å²) in [4.78, 5) is 22.7. The van der Waals surface area contributed by atoms with Crippen LogP contribution in [0.25, 0.3) is 0 Å². The van der Waals surface area contributed by atoms with E-state index in [0.717, 1.165) is 32.7 Å². The van der Waals surface area contributed by atoms with Crippen molar-refractivity contribution >= 4 is 5.91 Å². The van der Waals surface area contributed by atoms with Crippen molar-refractivity contribution in [2.75, 3.05) is 39.3 Å². The van der Waals surface area contributed by atoms with Gasteiger partial charge in [0.1, 0.15) is 11.6 Å². The van der Waals surface area contributed by atoms with E-state index >= 15 is 0 Å². The molecule has 1 aromatic heterocycles. The van der Waals surface area contributed by atoms with Gasteiger partial charge in [0, 0.05) is 70.0 Å². The molecule has 1 aliphatic rings. The van der Waals surface area contributed by atoms with Gasteiger partial charge in [0.15, 0.2) is 0 Å². The Labute approximate surface area is 191 Å². The lowest BCUT2D eigenvalue weighted by Crippen LogP contribution is -2.58. The first kappa shape index (κ1) is 25.9. The number of nitrogens with zero attached hydrogens (tertiary/aromatic N) is 4. The smallest absolute Gasteiger partial charge is 0.226 e. The second-order valence-electron chi connectivity index (χ2n) is 8.60. The maximum atomic E-state index is 14.3. The van der Waals surface area contributed by atoms with E-state index in [-0.39, 0.29) is 17.3 Å². The fourth-order valence-corrected chi connectivity index (χ4v) is 3.82. The summed E-state index contributed by atoms with van der Waals surface area (Å²) in [6.45, 7) is 12.4. The number of rotatable bonds is 10. The topological polar surface area (TPSA) is 39.7 Å². The molecule has 0 aromatic carbocycles. The van der Waals surface area contributed by atoms with Crippen LogP contribution in [0.15, 0.2) is 54.7 Å². The van der Waals surface area contributed by atoms with Crippen molar-refractivity contribution in [3.05, 3.63) is 66.2 Å². The number of amides is 1. The summed E-state index contributed by atoms with van der Waals surface area (Å²) in [5, 5.41) is 0. The number of pyridine rings is 1. The number of carbonyl (C=O) groups is 1. The van der Waals surface area contributed by atoms with E-state index in [0.29, 0.717) is 25.1 Å². The third-order valence-electron chi connectivity index (χ3n) is 5.75. The average Bonchev–Trinajstić information content (AvgIpc) is 2.78. The minimum Gasteiger partial charge on any atom is -0.314 e. The van der Waals surface area contributed by atoms with Gasteiger partial charge in [-0.3, -0.25) is 14.7 Å². The second-order valence-corrected chi connectivity index (χ2v) is 8.60.